The lowest BCUT2D eigenvalue weighted by Gasteiger charge is -2.08. The van der Waals surface area contributed by atoms with E-state index in [4.69, 9.17) is 8.83 Å². The van der Waals surface area contributed by atoms with Gasteiger partial charge in [-0.3, -0.25) is 9.59 Å². The number of oxazole rings is 1. The summed E-state index contributed by atoms with van der Waals surface area (Å²) in [6, 6.07) is 8.99. The molecule has 0 saturated carbocycles. The van der Waals surface area contributed by atoms with Crippen LogP contribution in [0.15, 0.2) is 39.2 Å². The van der Waals surface area contributed by atoms with Crippen LogP contribution in [0.3, 0.4) is 0 Å². The van der Waals surface area contributed by atoms with Crippen LogP contribution in [0.1, 0.15) is 48.9 Å². The molecule has 0 radical (unpaired) electrons. The number of aromatic nitrogens is 2. The number of furan rings is 1. The van der Waals surface area contributed by atoms with Crippen molar-refractivity contribution < 1.29 is 18.4 Å². The summed E-state index contributed by atoms with van der Waals surface area (Å²) in [5.41, 5.74) is 3.20. The standard InChI is InChI=1S/C25H26N4O4S/c1-13-10-19(15(3)32-13)24(31)28-20-9-7-6-8-18(20)25-29-21(16(4)33-25)12-26-23(30)11-22-14(2)27-17(5)34-22/h6-10H,11-12H2,1-5H3,(H,26,30)(H,28,31). The van der Waals surface area contributed by atoms with E-state index in [-0.39, 0.29) is 24.8 Å². The molecule has 0 fully saturated rings. The van der Waals surface area contributed by atoms with Crippen molar-refractivity contribution in [1.29, 1.82) is 0 Å². The van der Waals surface area contributed by atoms with Crippen molar-refractivity contribution in [3.8, 4) is 11.5 Å². The number of rotatable bonds is 7. The number of aryl methyl sites for hydroxylation is 5. The number of nitrogens with one attached hydrogen (secondary N) is 2. The first kappa shape index (κ1) is 23.4. The van der Waals surface area contributed by atoms with Crippen molar-refractivity contribution in [2.75, 3.05) is 5.32 Å². The molecule has 0 saturated heterocycles. The minimum atomic E-state index is -0.272. The first-order valence-corrected chi connectivity index (χ1v) is 11.7. The molecule has 0 aliphatic carbocycles. The van der Waals surface area contributed by atoms with Crippen LogP contribution in [0.25, 0.3) is 11.5 Å². The number of amides is 2. The van der Waals surface area contributed by atoms with Gasteiger partial charge in [-0.25, -0.2) is 9.97 Å². The van der Waals surface area contributed by atoms with E-state index in [0.29, 0.717) is 45.7 Å². The molecule has 4 rings (SSSR count). The fourth-order valence-electron chi connectivity index (χ4n) is 3.66. The van der Waals surface area contributed by atoms with Crippen LogP contribution in [0.2, 0.25) is 0 Å². The Morgan fingerprint density at radius 3 is 2.44 bits per heavy atom. The van der Waals surface area contributed by atoms with Gasteiger partial charge in [0.1, 0.15) is 23.0 Å². The van der Waals surface area contributed by atoms with Gasteiger partial charge in [0, 0.05) is 4.88 Å². The number of carbonyl (C=O) groups is 2. The average Bonchev–Trinajstić information content (AvgIpc) is 3.42. The topological polar surface area (TPSA) is 110 Å². The SMILES string of the molecule is Cc1cc(C(=O)Nc2ccccc2-c2nc(CNC(=O)Cc3sc(C)nc3C)c(C)o2)c(C)o1. The van der Waals surface area contributed by atoms with E-state index >= 15 is 0 Å². The van der Waals surface area contributed by atoms with Gasteiger partial charge in [0.25, 0.3) is 5.91 Å². The van der Waals surface area contributed by atoms with Crippen LogP contribution >= 0.6 is 11.3 Å². The molecule has 0 aliphatic heterocycles. The number of carbonyl (C=O) groups excluding carboxylic acids is 2. The molecule has 0 unspecified atom stereocenters. The van der Waals surface area contributed by atoms with Gasteiger partial charge < -0.3 is 19.5 Å². The highest BCUT2D eigenvalue weighted by Gasteiger charge is 2.19. The zero-order chi connectivity index (χ0) is 24.4. The molecule has 0 aliphatic rings. The summed E-state index contributed by atoms with van der Waals surface area (Å²) in [6.07, 6.45) is 0.281. The minimum absolute atomic E-state index is 0.103. The molecule has 0 bridgehead atoms. The number of benzene rings is 1. The Hall–Kier alpha value is -3.72. The largest absolute Gasteiger partial charge is 0.466 e. The molecular weight excluding hydrogens is 452 g/mol. The molecule has 2 N–H and O–H groups in total. The highest BCUT2D eigenvalue weighted by atomic mass is 32.1. The highest BCUT2D eigenvalue weighted by Crippen LogP contribution is 2.29. The van der Waals surface area contributed by atoms with Gasteiger partial charge in [0.2, 0.25) is 11.8 Å². The Balaban J connectivity index is 1.47. The molecule has 2 amide bonds. The molecule has 3 heterocycles. The van der Waals surface area contributed by atoms with Crippen LogP contribution < -0.4 is 10.6 Å². The maximum absolute atomic E-state index is 12.8. The van der Waals surface area contributed by atoms with E-state index in [9.17, 15) is 9.59 Å². The van der Waals surface area contributed by atoms with Gasteiger partial charge in [0.15, 0.2) is 0 Å². The smallest absolute Gasteiger partial charge is 0.259 e. The van der Waals surface area contributed by atoms with Gasteiger partial charge in [-0.1, -0.05) is 12.1 Å². The lowest BCUT2D eigenvalue weighted by atomic mass is 10.1. The van der Waals surface area contributed by atoms with Crippen LogP contribution in [0, 0.1) is 34.6 Å². The third kappa shape index (κ3) is 5.09. The van der Waals surface area contributed by atoms with E-state index in [1.54, 1.807) is 32.9 Å². The van der Waals surface area contributed by atoms with Crippen molar-refractivity contribution >= 4 is 28.8 Å². The second-order valence-corrected chi connectivity index (χ2v) is 9.33. The van der Waals surface area contributed by atoms with Gasteiger partial charge in [-0.05, 0) is 52.8 Å². The highest BCUT2D eigenvalue weighted by molar-refractivity contribution is 7.11. The third-order valence-electron chi connectivity index (χ3n) is 5.36. The van der Waals surface area contributed by atoms with E-state index in [1.165, 1.54) is 11.3 Å². The molecule has 1 aromatic carbocycles. The van der Waals surface area contributed by atoms with Gasteiger partial charge in [-0.15, -0.1) is 11.3 Å². The van der Waals surface area contributed by atoms with Crippen molar-refractivity contribution in [3.05, 3.63) is 74.4 Å². The quantitative estimate of drug-likeness (QED) is 0.385. The maximum Gasteiger partial charge on any atom is 0.259 e. The lowest BCUT2D eigenvalue weighted by molar-refractivity contribution is -0.120. The maximum atomic E-state index is 12.8. The number of hydrogen-bond acceptors (Lipinski definition) is 7. The van der Waals surface area contributed by atoms with Crippen molar-refractivity contribution in [2.24, 2.45) is 0 Å². The third-order valence-corrected chi connectivity index (χ3v) is 6.43. The van der Waals surface area contributed by atoms with Crippen LogP contribution in [0.4, 0.5) is 5.69 Å². The average molecular weight is 479 g/mol. The first-order valence-electron chi connectivity index (χ1n) is 10.8. The van der Waals surface area contributed by atoms with Crippen molar-refractivity contribution in [2.45, 2.75) is 47.6 Å². The van der Waals surface area contributed by atoms with E-state index in [0.717, 1.165) is 15.6 Å². The number of nitrogens with zero attached hydrogens (tertiary/aromatic N) is 2. The van der Waals surface area contributed by atoms with E-state index < -0.39 is 0 Å². The minimum Gasteiger partial charge on any atom is -0.466 e. The Kier molecular flexibility index (Phi) is 6.65. The number of hydrogen-bond donors (Lipinski definition) is 2. The second-order valence-electron chi connectivity index (χ2n) is 8.04. The molecule has 4 aromatic rings. The van der Waals surface area contributed by atoms with Crippen LogP contribution in [-0.4, -0.2) is 21.8 Å². The fourth-order valence-corrected chi connectivity index (χ4v) is 4.60. The van der Waals surface area contributed by atoms with Gasteiger partial charge >= 0.3 is 0 Å². The summed E-state index contributed by atoms with van der Waals surface area (Å²) in [4.78, 5) is 35.1. The molecule has 176 valence electrons. The number of thiazole rings is 1. The van der Waals surface area contributed by atoms with Gasteiger partial charge in [-0.2, -0.15) is 0 Å². The zero-order valence-corrected chi connectivity index (χ0v) is 20.6. The van der Waals surface area contributed by atoms with Crippen molar-refractivity contribution in [3.63, 3.8) is 0 Å². The summed E-state index contributed by atoms with van der Waals surface area (Å²) in [7, 11) is 0. The summed E-state index contributed by atoms with van der Waals surface area (Å²) in [5.74, 6) is 1.82. The predicted octanol–water partition coefficient (Wildman–Crippen LogP) is 5.04. The zero-order valence-electron chi connectivity index (χ0n) is 19.7. The molecule has 0 spiro atoms. The van der Waals surface area contributed by atoms with E-state index in [1.807, 2.05) is 32.0 Å². The molecule has 34 heavy (non-hydrogen) atoms. The normalized spacial score (nSPS) is 11.0. The Morgan fingerprint density at radius 2 is 1.76 bits per heavy atom. The van der Waals surface area contributed by atoms with E-state index in [2.05, 4.69) is 20.6 Å². The van der Waals surface area contributed by atoms with Crippen molar-refractivity contribution in [1.82, 2.24) is 15.3 Å². The molecular formula is C25H26N4O4S. The number of anilines is 1. The Bertz CT molecular complexity index is 1370. The lowest BCUT2D eigenvalue weighted by Crippen LogP contribution is -2.25. The summed E-state index contributed by atoms with van der Waals surface area (Å²) < 4.78 is 11.4. The molecule has 9 heteroatoms. The molecule has 8 nitrogen and oxygen atoms in total. The van der Waals surface area contributed by atoms with Crippen LogP contribution in [-0.2, 0) is 17.8 Å². The second kappa shape index (κ2) is 9.64. The predicted molar refractivity (Wildman–Crippen MR) is 130 cm³/mol. The summed E-state index contributed by atoms with van der Waals surface area (Å²) in [6.45, 7) is 9.43. The monoisotopic (exact) mass is 478 g/mol. The Morgan fingerprint density at radius 1 is 1.00 bits per heavy atom. The number of para-hydroxylation sites is 1. The summed E-state index contributed by atoms with van der Waals surface area (Å²) >= 11 is 1.53. The summed E-state index contributed by atoms with van der Waals surface area (Å²) in [5, 5.41) is 6.77. The first-order chi connectivity index (χ1) is 16.2. The van der Waals surface area contributed by atoms with Gasteiger partial charge in [0.05, 0.1) is 40.5 Å². The Labute approximate surface area is 201 Å². The molecule has 3 aromatic heterocycles. The van der Waals surface area contributed by atoms with Crippen LogP contribution in [0.5, 0.6) is 0 Å². The fraction of sp³-hybridized carbons (Fsp3) is 0.280. The molecule has 0 atom stereocenters.